The van der Waals surface area contributed by atoms with Gasteiger partial charge in [-0.15, -0.1) is 0 Å². The highest BCUT2D eigenvalue weighted by molar-refractivity contribution is 8.05. The van der Waals surface area contributed by atoms with Crippen LogP contribution in [0, 0.1) is 0 Å². The van der Waals surface area contributed by atoms with Crippen molar-refractivity contribution < 1.29 is 23.8 Å². The Morgan fingerprint density at radius 2 is 1.92 bits per heavy atom. The summed E-state index contributed by atoms with van der Waals surface area (Å²) in [5.74, 6) is 0.559. The lowest BCUT2D eigenvalue weighted by atomic mass is 9.93. The van der Waals surface area contributed by atoms with Gasteiger partial charge >= 0.3 is 5.97 Å². The monoisotopic (exact) mass is 542 g/mol. The first-order valence-electron chi connectivity index (χ1n) is 12.3. The molecule has 196 valence electrons. The number of carbonyl (C=O) groups excluding carboxylic acids is 2. The minimum absolute atomic E-state index is 0.0892. The number of hydrogen-bond donors (Lipinski definition) is 1. The average molecular weight is 543 g/mol. The Morgan fingerprint density at radius 1 is 1.16 bits per heavy atom. The Balaban J connectivity index is 1.83. The van der Waals surface area contributed by atoms with Crippen molar-refractivity contribution in [3.8, 4) is 11.5 Å². The third-order valence-corrected chi connectivity index (χ3v) is 7.21. The van der Waals surface area contributed by atoms with Gasteiger partial charge in [-0.1, -0.05) is 41.6 Å². The van der Waals surface area contributed by atoms with Gasteiger partial charge in [0.2, 0.25) is 0 Å². The number of amides is 1. The van der Waals surface area contributed by atoms with Gasteiger partial charge in [-0.2, -0.15) is 0 Å². The Labute approximate surface area is 226 Å². The van der Waals surface area contributed by atoms with Crippen LogP contribution in [0.15, 0.2) is 58.6 Å². The Morgan fingerprint density at radius 3 is 2.62 bits per heavy atom. The number of nitrogens with one attached hydrogen (secondary N) is 1. The Kier molecular flexibility index (Phi) is 8.39. The lowest BCUT2D eigenvalue weighted by Crippen LogP contribution is -2.50. The van der Waals surface area contributed by atoms with Crippen molar-refractivity contribution >= 4 is 41.3 Å². The quantitative estimate of drug-likeness (QED) is 0.328. The Hall–Kier alpha value is -3.10. The zero-order valence-electron chi connectivity index (χ0n) is 21.5. The Bertz CT molecular complexity index is 1260. The number of hydrogen-bond acceptors (Lipinski definition) is 7. The molecule has 2 aromatic carbocycles. The molecule has 0 spiro atoms. The highest BCUT2D eigenvalue weighted by Gasteiger charge is 2.48. The van der Waals surface area contributed by atoms with Gasteiger partial charge in [-0.05, 0) is 65.0 Å². The van der Waals surface area contributed by atoms with Crippen LogP contribution in [0.4, 0.5) is 0 Å². The van der Waals surface area contributed by atoms with Crippen LogP contribution in [-0.2, 0) is 14.3 Å². The third kappa shape index (κ3) is 5.60. The molecule has 9 heteroatoms. The smallest absolute Gasteiger partial charge is 0.338 e. The molecule has 2 aromatic rings. The van der Waals surface area contributed by atoms with Crippen LogP contribution in [0.25, 0.3) is 6.08 Å². The summed E-state index contributed by atoms with van der Waals surface area (Å²) < 4.78 is 17.3. The highest BCUT2D eigenvalue weighted by Crippen LogP contribution is 2.48. The van der Waals surface area contributed by atoms with Crippen molar-refractivity contribution in [1.82, 2.24) is 10.2 Å². The van der Waals surface area contributed by atoms with Gasteiger partial charge < -0.3 is 19.5 Å². The van der Waals surface area contributed by atoms with E-state index in [0.717, 1.165) is 5.56 Å². The normalized spacial score (nSPS) is 20.2. The van der Waals surface area contributed by atoms with Gasteiger partial charge in [0, 0.05) is 21.8 Å². The number of benzene rings is 2. The number of fused-ring (bicyclic) bond motifs is 1. The zero-order valence-corrected chi connectivity index (χ0v) is 23.1. The molecule has 1 fully saturated rings. The maximum absolute atomic E-state index is 14.0. The van der Waals surface area contributed by atoms with Gasteiger partial charge in [0.25, 0.3) is 5.91 Å². The minimum atomic E-state index is -0.697. The van der Waals surface area contributed by atoms with E-state index in [-0.39, 0.29) is 18.6 Å². The molecule has 0 aromatic heterocycles. The second-order valence-electron chi connectivity index (χ2n) is 8.82. The number of esters is 1. The van der Waals surface area contributed by atoms with Crippen molar-refractivity contribution in [3.05, 3.63) is 74.8 Å². The summed E-state index contributed by atoms with van der Waals surface area (Å²) in [5, 5.41) is 3.88. The van der Waals surface area contributed by atoms with Crippen molar-refractivity contribution in [3.63, 3.8) is 0 Å². The zero-order chi connectivity index (χ0) is 26.7. The summed E-state index contributed by atoms with van der Waals surface area (Å²) in [6.07, 6.45) is 1.70. The second-order valence-corrected chi connectivity index (χ2v) is 10.4. The second kappa shape index (κ2) is 11.5. The molecule has 0 radical (unpaired) electrons. The van der Waals surface area contributed by atoms with Gasteiger partial charge in [0.05, 0.1) is 35.8 Å². The number of allylic oxidation sites excluding steroid dienone is 1. The van der Waals surface area contributed by atoms with Crippen LogP contribution in [0.2, 0.25) is 5.02 Å². The molecule has 2 unspecified atom stereocenters. The molecule has 37 heavy (non-hydrogen) atoms. The number of para-hydroxylation sites is 1. The summed E-state index contributed by atoms with van der Waals surface area (Å²) >= 11 is 7.63. The third-order valence-electron chi connectivity index (χ3n) is 5.86. The predicted octanol–water partition coefficient (Wildman–Crippen LogP) is 5.91. The van der Waals surface area contributed by atoms with Gasteiger partial charge in [0.1, 0.15) is 11.5 Å². The number of thioether (sulfide) groups is 1. The van der Waals surface area contributed by atoms with E-state index in [2.05, 4.69) is 5.32 Å². The predicted molar refractivity (Wildman–Crippen MR) is 146 cm³/mol. The van der Waals surface area contributed by atoms with E-state index in [9.17, 15) is 9.59 Å². The first kappa shape index (κ1) is 26.9. The van der Waals surface area contributed by atoms with Crippen molar-refractivity contribution in [2.45, 2.75) is 52.3 Å². The van der Waals surface area contributed by atoms with Crippen LogP contribution in [0.5, 0.6) is 11.5 Å². The van der Waals surface area contributed by atoms with Crippen molar-refractivity contribution in [2.75, 3.05) is 13.2 Å². The molecule has 2 aliphatic rings. The number of nitrogens with zero attached hydrogens (tertiary/aromatic N) is 1. The van der Waals surface area contributed by atoms with E-state index in [1.807, 2.05) is 52.0 Å². The average Bonchev–Trinajstić information content (AvgIpc) is 3.14. The topological polar surface area (TPSA) is 77.1 Å². The molecule has 1 amide bonds. The molecule has 1 N–H and O–H groups in total. The van der Waals surface area contributed by atoms with Crippen LogP contribution in [0.3, 0.4) is 0 Å². The summed E-state index contributed by atoms with van der Waals surface area (Å²) in [6, 6.07) is 12.1. The van der Waals surface area contributed by atoms with Crippen LogP contribution in [0.1, 0.15) is 51.8 Å². The van der Waals surface area contributed by atoms with Crippen molar-refractivity contribution in [1.29, 1.82) is 0 Å². The van der Waals surface area contributed by atoms with Gasteiger partial charge in [-0.25, -0.2) is 4.79 Å². The lowest BCUT2D eigenvalue weighted by molar-refractivity contribution is -0.140. The van der Waals surface area contributed by atoms with Crippen LogP contribution >= 0.6 is 23.4 Å². The molecule has 2 atom stereocenters. The van der Waals surface area contributed by atoms with E-state index in [1.54, 1.807) is 36.1 Å². The van der Waals surface area contributed by atoms with Gasteiger partial charge in [0.15, 0.2) is 5.50 Å². The van der Waals surface area contributed by atoms with E-state index in [1.165, 1.54) is 11.8 Å². The van der Waals surface area contributed by atoms with Crippen molar-refractivity contribution in [2.24, 2.45) is 0 Å². The largest absolute Gasteiger partial charge is 0.493 e. The molecule has 0 bridgehead atoms. The van der Waals surface area contributed by atoms with E-state index >= 15 is 0 Å². The molecule has 2 heterocycles. The van der Waals surface area contributed by atoms with Crippen LogP contribution < -0.4 is 14.8 Å². The fourth-order valence-electron chi connectivity index (χ4n) is 4.42. The maximum Gasteiger partial charge on any atom is 0.338 e. The summed E-state index contributed by atoms with van der Waals surface area (Å²) in [7, 11) is 0. The number of ether oxygens (including phenoxy) is 3. The summed E-state index contributed by atoms with van der Waals surface area (Å²) in [5.41, 5.74) is 2.04. The molecule has 1 saturated heterocycles. The number of rotatable bonds is 8. The van der Waals surface area contributed by atoms with Gasteiger partial charge in [-0.3, -0.25) is 9.69 Å². The molecule has 4 rings (SSSR count). The standard InChI is InChI=1S/C28H31ClN2O5S/c1-6-34-21-13-12-19(29)14-18(21)15-23-26(32)31-25(20-10-8-9-11-22(20)36-16(3)4)24(27(33)35-7-2)17(5)30-28(31)37-23/h8-16,25,28,30H,6-7H2,1-5H3. The summed E-state index contributed by atoms with van der Waals surface area (Å²) in [4.78, 5) is 29.3. The number of halogens is 1. The van der Waals surface area contributed by atoms with E-state index < -0.39 is 17.5 Å². The van der Waals surface area contributed by atoms with E-state index in [0.29, 0.717) is 44.9 Å². The SMILES string of the molecule is CCOC(=O)C1=C(C)NC2SC(=Cc3cc(Cl)ccc3OCC)C(=O)N2C1c1ccccc1OC(C)C. The molecule has 0 saturated carbocycles. The molecule has 7 nitrogen and oxygen atoms in total. The fraction of sp³-hybridized carbons (Fsp3) is 0.357. The molecule has 0 aliphatic carbocycles. The molecule has 2 aliphatic heterocycles. The van der Waals surface area contributed by atoms with Crippen LogP contribution in [-0.4, -0.2) is 41.6 Å². The van der Waals surface area contributed by atoms with E-state index in [4.69, 9.17) is 25.8 Å². The summed E-state index contributed by atoms with van der Waals surface area (Å²) in [6.45, 7) is 10.1. The fourth-order valence-corrected chi connectivity index (χ4v) is 5.81. The first-order valence-corrected chi connectivity index (χ1v) is 13.5. The molecular weight excluding hydrogens is 512 g/mol. The first-order chi connectivity index (χ1) is 17.7. The maximum atomic E-state index is 14.0. The lowest BCUT2D eigenvalue weighted by Gasteiger charge is -2.39. The number of carbonyl (C=O) groups is 2. The highest BCUT2D eigenvalue weighted by atomic mass is 35.5. The minimum Gasteiger partial charge on any atom is -0.493 e. The molecular formula is C28H31ClN2O5S.